The average Bonchev–Trinajstić information content (AvgIpc) is 2.60. The van der Waals surface area contributed by atoms with Crippen LogP contribution in [-0.2, 0) is 22.6 Å². The van der Waals surface area contributed by atoms with Gasteiger partial charge in [-0.3, -0.25) is 0 Å². The highest BCUT2D eigenvalue weighted by Gasteiger charge is 2.06. The number of rotatable bonds is 8. The first-order valence-corrected chi connectivity index (χ1v) is 5.66. The summed E-state index contributed by atoms with van der Waals surface area (Å²) in [7, 11) is 1.90. The molecule has 0 aliphatic heterocycles. The SMILES string of the molecule is CCOCCOCc1cc(CNC)oc1C. The van der Waals surface area contributed by atoms with Crippen molar-refractivity contribution in [3.05, 3.63) is 23.2 Å². The molecule has 0 amide bonds. The molecular weight excluding hydrogens is 206 g/mol. The van der Waals surface area contributed by atoms with E-state index in [-0.39, 0.29) is 0 Å². The standard InChI is InChI=1S/C12H21NO3/c1-4-14-5-6-15-9-11-7-12(8-13-3)16-10(11)2/h7,13H,4-6,8-9H2,1-3H3. The maximum Gasteiger partial charge on any atom is 0.118 e. The minimum atomic E-state index is 0.589. The van der Waals surface area contributed by atoms with Crippen LogP contribution in [0.1, 0.15) is 24.0 Å². The largest absolute Gasteiger partial charge is 0.465 e. The van der Waals surface area contributed by atoms with Gasteiger partial charge in [-0.1, -0.05) is 0 Å². The second-order valence-electron chi connectivity index (χ2n) is 3.57. The second-order valence-corrected chi connectivity index (χ2v) is 3.57. The normalized spacial score (nSPS) is 10.9. The van der Waals surface area contributed by atoms with Crippen LogP contribution in [0.2, 0.25) is 0 Å². The van der Waals surface area contributed by atoms with E-state index in [1.54, 1.807) is 0 Å². The Morgan fingerprint density at radius 3 is 2.75 bits per heavy atom. The third kappa shape index (κ3) is 4.35. The fourth-order valence-corrected chi connectivity index (χ4v) is 1.44. The van der Waals surface area contributed by atoms with Crippen LogP contribution in [0.15, 0.2) is 10.5 Å². The Labute approximate surface area is 96.9 Å². The van der Waals surface area contributed by atoms with E-state index in [1.807, 2.05) is 27.0 Å². The molecule has 0 bridgehead atoms. The summed E-state index contributed by atoms with van der Waals surface area (Å²) in [5.41, 5.74) is 1.11. The molecule has 0 saturated heterocycles. The van der Waals surface area contributed by atoms with E-state index < -0.39 is 0 Å². The van der Waals surface area contributed by atoms with E-state index >= 15 is 0 Å². The number of hydrogen-bond donors (Lipinski definition) is 1. The van der Waals surface area contributed by atoms with Crippen LogP contribution in [0, 0.1) is 6.92 Å². The van der Waals surface area contributed by atoms with Crippen molar-refractivity contribution in [2.24, 2.45) is 0 Å². The van der Waals surface area contributed by atoms with Crippen LogP contribution in [0.25, 0.3) is 0 Å². The van der Waals surface area contributed by atoms with Gasteiger partial charge in [-0.25, -0.2) is 0 Å². The first kappa shape index (κ1) is 13.2. The van der Waals surface area contributed by atoms with Crippen molar-refractivity contribution >= 4 is 0 Å². The number of furan rings is 1. The highest BCUT2D eigenvalue weighted by atomic mass is 16.5. The van der Waals surface area contributed by atoms with Crippen molar-refractivity contribution in [2.45, 2.75) is 27.0 Å². The van der Waals surface area contributed by atoms with Gasteiger partial charge in [-0.05, 0) is 27.0 Å². The molecule has 1 heterocycles. The van der Waals surface area contributed by atoms with Crippen molar-refractivity contribution in [1.29, 1.82) is 0 Å². The summed E-state index contributed by atoms with van der Waals surface area (Å²) in [5, 5.41) is 3.05. The zero-order valence-corrected chi connectivity index (χ0v) is 10.3. The zero-order chi connectivity index (χ0) is 11.8. The van der Waals surface area contributed by atoms with Gasteiger partial charge in [-0.15, -0.1) is 0 Å². The molecule has 1 N–H and O–H groups in total. The quantitative estimate of drug-likeness (QED) is 0.688. The topological polar surface area (TPSA) is 43.6 Å². The van der Waals surface area contributed by atoms with Crippen LogP contribution in [0.5, 0.6) is 0 Å². The molecule has 1 aromatic rings. The van der Waals surface area contributed by atoms with Crippen molar-refractivity contribution in [3.8, 4) is 0 Å². The first-order valence-electron chi connectivity index (χ1n) is 5.66. The van der Waals surface area contributed by atoms with Crippen LogP contribution < -0.4 is 5.32 Å². The number of ether oxygens (including phenoxy) is 2. The lowest BCUT2D eigenvalue weighted by Gasteiger charge is -2.02. The van der Waals surface area contributed by atoms with Gasteiger partial charge in [0.05, 0.1) is 26.4 Å². The fraction of sp³-hybridized carbons (Fsp3) is 0.667. The lowest BCUT2D eigenvalue weighted by molar-refractivity contribution is 0.0449. The zero-order valence-electron chi connectivity index (χ0n) is 10.3. The summed E-state index contributed by atoms with van der Waals surface area (Å²) in [6.07, 6.45) is 0. The van der Waals surface area contributed by atoms with Crippen LogP contribution in [-0.4, -0.2) is 26.9 Å². The van der Waals surface area contributed by atoms with Crippen molar-refractivity contribution < 1.29 is 13.9 Å². The summed E-state index contributed by atoms with van der Waals surface area (Å²) in [6, 6.07) is 2.03. The van der Waals surface area contributed by atoms with Gasteiger partial charge in [0.2, 0.25) is 0 Å². The molecule has 0 unspecified atom stereocenters. The number of hydrogen-bond acceptors (Lipinski definition) is 4. The van der Waals surface area contributed by atoms with Crippen LogP contribution in [0.4, 0.5) is 0 Å². The highest BCUT2D eigenvalue weighted by molar-refractivity contribution is 5.19. The maximum atomic E-state index is 5.56. The van der Waals surface area contributed by atoms with E-state index in [0.29, 0.717) is 19.8 Å². The predicted molar refractivity (Wildman–Crippen MR) is 62.4 cm³/mol. The third-order valence-corrected chi connectivity index (χ3v) is 2.26. The van der Waals surface area contributed by atoms with Gasteiger partial charge in [0.15, 0.2) is 0 Å². The minimum Gasteiger partial charge on any atom is -0.465 e. The molecule has 0 spiro atoms. The molecule has 92 valence electrons. The van der Waals surface area contributed by atoms with E-state index in [9.17, 15) is 0 Å². The Morgan fingerprint density at radius 1 is 1.31 bits per heavy atom. The van der Waals surface area contributed by atoms with Gasteiger partial charge < -0.3 is 19.2 Å². The van der Waals surface area contributed by atoms with Gasteiger partial charge in [0.1, 0.15) is 11.5 Å². The molecular formula is C12H21NO3. The first-order chi connectivity index (χ1) is 7.77. The summed E-state index contributed by atoms with van der Waals surface area (Å²) in [4.78, 5) is 0. The lowest BCUT2D eigenvalue weighted by atomic mass is 10.2. The van der Waals surface area contributed by atoms with Crippen molar-refractivity contribution in [3.63, 3.8) is 0 Å². The predicted octanol–water partition coefficient (Wildman–Crippen LogP) is 1.86. The van der Waals surface area contributed by atoms with Gasteiger partial charge in [0, 0.05) is 12.2 Å². The van der Waals surface area contributed by atoms with Crippen LogP contribution >= 0.6 is 0 Å². The Bertz CT molecular complexity index is 296. The van der Waals surface area contributed by atoms with Gasteiger partial charge >= 0.3 is 0 Å². The lowest BCUT2D eigenvalue weighted by Crippen LogP contribution is -2.04. The van der Waals surface area contributed by atoms with E-state index in [4.69, 9.17) is 13.9 Å². The molecule has 0 aliphatic carbocycles. The molecule has 4 nitrogen and oxygen atoms in total. The Kier molecular flexibility index (Phi) is 6.15. The van der Waals surface area contributed by atoms with E-state index in [1.165, 1.54) is 0 Å². The van der Waals surface area contributed by atoms with Crippen molar-refractivity contribution in [1.82, 2.24) is 5.32 Å². The van der Waals surface area contributed by atoms with E-state index in [2.05, 4.69) is 5.32 Å². The maximum absolute atomic E-state index is 5.56. The Hall–Kier alpha value is -0.840. The minimum absolute atomic E-state index is 0.589. The molecule has 0 atom stereocenters. The second kappa shape index (κ2) is 7.44. The molecule has 0 fully saturated rings. The molecule has 16 heavy (non-hydrogen) atoms. The summed E-state index contributed by atoms with van der Waals surface area (Å²) >= 11 is 0. The summed E-state index contributed by atoms with van der Waals surface area (Å²) in [6.45, 7) is 7.29. The summed E-state index contributed by atoms with van der Waals surface area (Å²) in [5.74, 6) is 1.88. The third-order valence-electron chi connectivity index (χ3n) is 2.26. The molecule has 1 aromatic heterocycles. The van der Waals surface area contributed by atoms with Crippen molar-refractivity contribution in [2.75, 3.05) is 26.9 Å². The number of aryl methyl sites for hydroxylation is 1. The average molecular weight is 227 g/mol. The fourth-order valence-electron chi connectivity index (χ4n) is 1.44. The smallest absolute Gasteiger partial charge is 0.118 e. The number of nitrogens with one attached hydrogen (secondary N) is 1. The Balaban J connectivity index is 2.30. The Morgan fingerprint density at radius 2 is 2.06 bits per heavy atom. The highest BCUT2D eigenvalue weighted by Crippen LogP contribution is 2.15. The molecule has 0 saturated carbocycles. The molecule has 1 rings (SSSR count). The van der Waals surface area contributed by atoms with Crippen LogP contribution in [0.3, 0.4) is 0 Å². The van der Waals surface area contributed by atoms with Gasteiger partial charge in [-0.2, -0.15) is 0 Å². The summed E-state index contributed by atoms with van der Waals surface area (Å²) < 4.78 is 16.2. The molecule has 4 heteroatoms. The van der Waals surface area contributed by atoms with Gasteiger partial charge in [0.25, 0.3) is 0 Å². The monoisotopic (exact) mass is 227 g/mol. The molecule has 0 aromatic carbocycles. The van der Waals surface area contributed by atoms with E-state index in [0.717, 1.165) is 30.2 Å². The molecule has 0 aliphatic rings. The molecule has 0 radical (unpaired) electrons.